The van der Waals surface area contributed by atoms with Crippen molar-refractivity contribution in [2.24, 2.45) is 0 Å². The van der Waals surface area contributed by atoms with Gasteiger partial charge in [-0.05, 0) is 41.0 Å². The molecule has 1 atom stereocenters. The molecule has 2 aromatic carbocycles. The predicted molar refractivity (Wildman–Crippen MR) is 101 cm³/mol. The van der Waals surface area contributed by atoms with Crippen molar-refractivity contribution in [2.45, 2.75) is 24.9 Å². The first-order valence-electron chi connectivity index (χ1n) is 8.48. The Morgan fingerprint density at radius 1 is 1.11 bits per heavy atom. The Morgan fingerprint density at radius 2 is 1.93 bits per heavy atom. The Bertz CT molecular complexity index is 962. The van der Waals surface area contributed by atoms with Crippen LogP contribution in [0.3, 0.4) is 0 Å². The van der Waals surface area contributed by atoms with Crippen LogP contribution in [0.1, 0.15) is 16.7 Å². The molecule has 1 unspecified atom stereocenters. The molecule has 0 bridgehead atoms. The van der Waals surface area contributed by atoms with E-state index in [0.717, 1.165) is 16.7 Å². The van der Waals surface area contributed by atoms with Gasteiger partial charge in [-0.25, -0.2) is 9.59 Å². The summed E-state index contributed by atoms with van der Waals surface area (Å²) in [6, 6.07) is 11.9. The molecule has 1 spiro atoms. The second kappa shape index (κ2) is 6.59. The van der Waals surface area contributed by atoms with Crippen molar-refractivity contribution in [3.8, 4) is 0 Å². The molecule has 7 nitrogen and oxygen atoms in total. The Kier molecular flexibility index (Phi) is 4.24. The highest BCUT2D eigenvalue weighted by Gasteiger charge is 2.49. The van der Waals surface area contributed by atoms with Crippen molar-refractivity contribution in [1.82, 2.24) is 16.0 Å². The van der Waals surface area contributed by atoms with Gasteiger partial charge in [0.1, 0.15) is 5.54 Å². The van der Waals surface area contributed by atoms with Crippen molar-refractivity contribution in [2.75, 3.05) is 5.32 Å². The zero-order valence-electron chi connectivity index (χ0n) is 14.3. The van der Waals surface area contributed by atoms with E-state index in [-0.39, 0.29) is 11.9 Å². The van der Waals surface area contributed by atoms with E-state index in [0.29, 0.717) is 30.1 Å². The first-order chi connectivity index (χ1) is 12.9. The molecule has 4 rings (SSSR count). The van der Waals surface area contributed by atoms with Crippen LogP contribution in [0.15, 0.2) is 42.5 Å². The Hall–Kier alpha value is -3.06. The zero-order valence-corrected chi connectivity index (χ0v) is 15.0. The van der Waals surface area contributed by atoms with E-state index in [1.54, 1.807) is 18.2 Å². The van der Waals surface area contributed by atoms with Crippen LogP contribution in [-0.2, 0) is 24.2 Å². The Labute approximate surface area is 160 Å². The lowest BCUT2D eigenvalue weighted by Gasteiger charge is -2.18. The minimum Gasteiger partial charge on any atom is -0.334 e. The van der Waals surface area contributed by atoms with Gasteiger partial charge in [-0.15, -0.1) is 0 Å². The number of fused-ring (bicyclic) bond motifs is 1. The number of hydrogen-bond acceptors (Lipinski definition) is 3. The van der Waals surface area contributed by atoms with Gasteiger partial charge in [-0.3, -0.25) is 10.1 Å². The minimum absolute atomic E-state index is 0.308. The van der Waals surface area contributed by atoms with E-state index in [4.69, 9.17) is 11.6 Å². The smallest absolute Gasteiger partial charge is 0.322 e. The molecule has 0 saturated carbocycles. The van der Waals surface area contributed by atoms with Gasteiger partial charge in [0.15, 0.2) is 0 Å². The lowest BCUT2D eigenvalue weighted by molar-refractivity contribution is -0.123. The number of imide groups is 1. The number of carbonyl (C=O) groups is 3. The van der Waals surface area contributed by atoms with E-state index < -0.39 is 11.6 Å². The van der Waals surface area contributed by atoms with Crippen LogP contribution < -0.4 is 21.3 Å². The molecule has 2 aromatic rings. The summed E-state index contributed by atoms with van der Waals surface area (Å²) in [5.74, 6) is -0.308. The van der Waals surface area contributed by atoms with E-state index in [9.17, 15) is 14.4 Å². The molecule has 1 aliphatic heterocycles. The first-order valence-corrected chi connectivity index (χ1v) is 8.86. The molecular weight excluding hydrogens is 368 g/mol. The van der Waals surface area contributed by atoms with Gasteiger partial charge in [0, 0.05) is 30.1 Å². The van der Waals surface area contributed by atoms with Gasteiger partial charge in [0.2, 0.25) is 0 Å². The van der Waals surface area contributed by atoms with E-state index in [2.05, 4.69) is 21.3 Å². The first kappa shape index (κ1) is 17.4. The quantitative estimate of drug-likeness (QED) is 0.611. The maximum absolute atomic E-state index is 12.1. The summed E-state index contributed by atoms with van der Waals surface area (Å²) in [5, 5.41) is 11.2. The highest BCUT2D eigenvalue weighted by Crippen LogP contribution is 2.33. The van der Waals surface area contributed by atoms with Crippen LogP contribution in [-0.4, -0.2) is 23.5 Å². The van der Waals surface area contributed by atoms with E-state index in [1.165, 1.54) is 0 Å². The molecule has 8 heteroatoms. The van der Waals surface area contributed by atoms with Gasteiger partial charge >= 0.3 is 12.1 Å². The summed E-state index contributed by atoms with van der Waals surface area (Å²) in [6.45, 7) is 0.354. The number of nitrogens with one attached hydrogen (secondary N) is 4. The number of amides is 5. The number of halogens is 1. The summed E-state index contributed by atoms with van der Waals surface area (Å²) in [6.07, 6.45) is 0.848. The van der Waals surface area contributed by atoms with Gasteiger partial charge in [0.05, 0.1) is 0 Å². The predicted octanol–water partition coefficient (Wildman–Crippen LogP) is 2.34. The summed E-state index contributed by atoms with van der Waals surface area (Å²) in [5.41, 5.74) is 2.53. The zero-order chi connectivity index (χ0) is 19.0. The van der Waals surface area contributed by atoms with Crippen molar-refractivity contribution in [1.29, 1.82) is 0 Å². The van der Waals surface area contributed by atoms with Gasteiger partial charge in [-0.1, -0.05) is 29.8 Å². The molecule has 1 aliphatic carbocycles. The fraction of sp³-hybridized carbons (Fsp3) is 0.211. The fourth-order valence-corrected chi connectivity index (χ4v) is 3.75. The van der Waals surface area contributed by atoms with Crippen molar-refractivity contribution < 1.29 is 14.4 Å². The number of benzene rings is 2. The van der Waals surface area contributed by atoms with E-state index >= 15 is 0 Å². The minimum atomic E-state index is -0.910. The molecule has 0 radical (unpaired) electrons. The number of anilines is 1. The third-order valence-electron chi connectivity index (χ3n) is 4.81. The van der Waals surface area contributed by atoms with E-state index in [1.807, 2.05) is 24.3 Å². The van der Waals surface area contributed by atoms with Crippen molar-refractivity contribution >= 4 is 35.3 Å². The molecule has 0 aromatic heterocycles. The monoisotopic (exact) mass is 384 g/mol. The molecule has 1 saturated heterocycles. The third-order valence-corrected chi connectivity index (χ3v) is 5.04. The fourth-order valence-electron chi connectivity index (χ4n) is 3.54. The Balaban J connectivity index is 1.40. The van der Waals surface area contributed by atoms with Gasteiger partial charge in [0.25, 0.3) is 5.91 Å². The molecule has 27 heavy (non-hydrogen) atoms. The van der Waals surface area contributed by atoms with Gasteiger partial charge in [-0.2, -0.15) is 0 Å². The maximum atomic E-state index is 12.1. The molecule has 1 fully saturated rings. The molecule has 5 amide bonds. The largest absolute Gasteiger partial charge is 0.334 e. The molecule has 4 N–H and O–H groups in total. The van der Waals surface area contributed by atoms with Crippen molar-refractivity contribution in [3.63, 3.8) is 0 Å². The van der Waals surface area contributed by atoms with Crippen LogP contribution in [0.5, 0.6) is 0 Å². The summed E-state index contributed by atoms with van der Waals surface area (Å²) >= 11 is 5.93. The highest BCUT2D eigenvalue weighted by molar-refractivity contribution is 6.30. The lowest BCUT2D eigenvalue weighted by Crippen LogP contribution is -2.47. The van der Waals surface area contributed by atoms with Crippen LogP contribution in [0.25, 0.3) is 0 Å². The average Bonchev–Trinajstić information content (AvgIpc) is 3.11. The SMILES string of the molecule is O=C(NCc1cccc(Cl)c1)Nc1ccc2c(c1)CC1(C2)NC(=O)NC1=O. The number of rotatable bonds is 3. The topological polar surface area (TPSA) is 99.3 Å². The standard InChI is InChI=1S/C19H17ClN4O3/c20-14-3-1-2-11(6-14)10-21-17(26)22-15-5-4-12-8-19(9-13(12)7-15)16(25)23-18(27)24-19/h1-7H,8-10H2,(H2,21,22,26)(H2,23,24,25,27). The highest BCUT2D eigenvalue weighted by atomic mass is 35.5. The summed E-state index contributed by atoms with van der Waals surface area (Å²) < 4.78 is 0. The van der Waals surface area contributed by atoms with Crippen LogP contribution in [0, 0.1) is 0 Å². The molecular formula is C19H17ClN4O3. The summed E-state index contributed by atoms with van der Waals surface area (Å²) in [4.78, 5) is 35.7. The number of carbonyl (C=O) groups excluding carboxylic acids is 3. The maximum Gasteiger partial charge on any atom is 0.322 e. The molecule has 1 heterocycles. The molecule has 2 aliphatic rings. The molecule has 138 valence electrons. The van der Waals surface area contributed by atoms with Crippen molar-refractivity contribution in [3.05, 3.63) is 64.2 Å². The number of urea groups is 2. The summed E-state index contributed by atoms with van der Waals surface area (Å²) in [7, 11) is 0. The lowest BCUT2D eigenvalue weighted by atomic mass is 9.96. The van der Waals surface area contributed by atoms with Gasteiger partial charge < -0.3 is 16.0 Å². The second-order valence-corrected chi connectivity index (χ2v) is 7.20. The number of hydrogen-bond donors (Lipinski definition) is 4. The third kappa shape index (κ3) is 3.46. The second-order valence-electron chi connectivity index (χ2n) is 6.76. The average molecular weight is 385 g/mol. The van der Waals surface area contributed by atoms with Crippen LogP contribution in [0.4, 0.5) is 15.3 Å². The van der Waals surface area contributed by atoms with Crippen LogP contribution >= 0.6 is 11.6 Å². The van der Waals surface area contributed by atoms with Crippen LogP contribution in [0.2, 0.25) is 5.02 Å². The Morgan fingerprint density at radius 3 is 2.67 bits per heavy atom. The normalized spacial score (nSPS) is 20.2.